The van der Waals surface area contributed by atoms with Crippen LogP contribution in [0.2, 0.25) is 5.02 Å². The van der Waals surface area contributed by atoms with E-state index in [-0.39, 0.29) is 10.9 Å². The van der Waals surface area contributed by atoms with Crippen molar-refractivity contribution >= 4 is 39.9 Å². The van der Waals surface area contributed by atoms with Crippen molar-refractivity contribution in [3.63, 3.8) is 0 Å². The molecule has 1 amide bonds. The molecule has 6 nitrogen and oxygen atoms in total. The number of hydrogen-bond acceptors (Lipinski definition) is 5. The van der Waals surface area contributed by atoms with Crippen molar-refractivity contribution in [2.75, 3.05) is 24.6 Å². The molecule has 0 radical (unpaired) electrons. The fraction of sp³-hybridized carbons (Fsp3) is 0.318. The van der Waals surface area contributed by atoms with Crippen LogP contribution in [0.15, 0.2) is 42.6 Å². The second-order valence-corrected chi connectivity index (χ2v) is 8.20. The van der Waals surface area contributed by atoms with Gasteiger partial charge in [0.15, 0.2) is 0 Å². The van der Waals surface area contributed by atoms with Gasteiger partial charge in [0.05, 0.1) is 28.4 Å². The fourth-order valence-corrected chi connectivity index (χ4v) is 3.64. The number of hydrogen-bond donors (Lipinski definition) is 1. The maximum atomic E-state index is 13.8. The Bertz CT molecular complexity index is 1110. The Morgan fingerprint density at radius 1 is 1.23 bits per heavy atom. The number of halogens is 2. The monoisotopic (exact) mass is 428 g/mol. The predicted molar refractivity (Wildman–Crippen MR) is 115 cm³/mol. The van der Waals surface area contributed by atoms with Crippen LogP contribution in [0.1, 0.15) is 30.8 Å². The lowest BCUT2D eigenvalue weighted by Gasteiger charge is -2.34. The van der Waals surface area contributed by atoms with Crippen molar-refractivity contribution in [3.05, 3.63) is 59.1 Å². The van der Waals surface area contributed by atoms with Crippen LogP contribution in [0.3, 0.4) is 0 Å². The van der Waals surface area contributed by atoms with Crippen LogP contribution < -0.4 is 10.2 Å². The number of benzene rings is 1. The van der Waals surface area contributed by atoms with Gasteiger partial charge in [-0.1, -0.05) is 11.6 Å². The van der Waals surface area contributed by atoms with Gasteiger partial charge in [-0.25, -0.2) is 9.37 Å². The lowest BCUT2D eigenvalue weighted by molar-refractivity contribution is -0.0109. The highest BCUT2D eigenvalue weighted by molar-refractivity contribution is 6.31. The van der Waals surface area contributed by atoms with E-state index in [4.69, 9.17) is 16.3 Å². The second-order valence-electron chi connectivity index (χ2n) is 7.80. The number of amides is 1. The quantitative estimate of drug-likeness (QED) is 0.618. The van der Waals surface area contributed by atoms with Crippen LogP contribution in [0.25, 0.3) is 11.0 Å². The molecular formula is C22H22ClFN4O2. The van der Waals surface area contributed by atoms with Crippen LogP contribution in [0.4, 0.5) is 15.8 Å². The zero-order valence-corrected chi connectivity index (χ0v) is 17.5. The van der Waals surface area contributed by atoms with E-state index in [1.165, 1.54) is 6.07 Å². The van der Waals surface area contributed by atoms with Crippen molar-refractivity contribution in [1.82, 2.24) is 15.3 Å². The van der Waals surface area contributed by atoms with Crippen molar-refractivity contribution in [2.24, 2.45) is 0 Å². The number of ether oxygens (including phenoxy) is 1. The summed E-state index contributed by atoms with van der Waals surface area (Å²) in [7, 11) is 0. The van der Waals surface area contributed by atoms with Crippen LogP contribution in [0, 0.1) is 5.82 Å². The molecule has 0 atom stereocenters. The van der Waals surface area contributed by atoms with Gasteiger partial charge in [-0.05, 0) is 56.7 Å². The molecule has 0 saturated heterocycles. The number of fused-ring (bicyclic) bond motifs is 1. The standard InChI is InChI=1S/C22H22ClFN4O2/c1-22(2)13-28(14-4-5-16(24)15(23)12-14)19-8-10-25-17-6-7-18(27-20(17)19)21(29)26-9-3-11-30-22/h4-8,10,12H,3,9,11,13H2,1-2H3,(H,26,29). The summed E-state index contributed by atoms with van der Waals surface area (Å²) in [5.74, 6) is -0.736. The average Bonchev–Trinajstić information content (AvgIpc) is 2.73. The second kappa shape index (κ2) is 8.16. The molecule has 4 rings (SSSR count). The van der Waals surface area contributed by atoms with Crippen LogP contribution in [-0.2, 0) is 4.74 Å². The van der Waals surface area contributed by atoms with Crippen LogP contribution in [-0.4, -0.2) is 41.2 Å². The summed E-state index contributed by atoms with van der Waals surface area (Å²) in [6.07, 6.45) is 2.36. The highest BCUT2D eigenvalue weighted by Crippen LogP contribution is 2.34. The van der Waals surface area contributed by atoms with E-state index < -0.39 is 11.4 Å². The lowest BCUT2D eigenvalue weighted by Crippen LogP contribution is -2.39. The summed E-state index contributed by atoms with van der Waals surface area (Å²) >= 11 is 6.08. The summed E-state index contributed by atoms with van der Waals surface area (Å²) in [4.78, 5) is 23.5. The molecule has 1 aliphatic heterocycles. The molecular weight excluding hydrogens is 407 g/mol. The van der Waals surface area contributed by atoms with Gasteiger partial charge in [-0.15, -0.1) is 0 Å². The van der Waals surface area contributed by atoms with E-state index in [1.807, 2.05) is 24.8 Å². The molecule has 3 aromatic rings. The van der Waals surface area contributed by atoms with Gasteiger partial charge in [0.25, 0.3) is 5.91 Å². The first-order chi connectivity index (χ1) is 14.3. The minimum absolute atomic E-state index is 0.0283. The van der Waals surface area contributed by atoms with E-state index in [1.54, 1.807) is 30.5 Å². The Labute approximate surface area is 179 Å². The Morgan fingerprint density at radius 3 is 2.87 bits per heavy atom. The van der Waals surface area contributed by atoms with Gasteiger partial charge in [0, 0.05) is 25.0 Å². The molecule has 0 fully saturated rings. The molecule has 0 aliphatic carbocycles. The lowest BCUT2D eigenvalue weighted by atomic mass is 10.1. The molecule has 0 spiro atoms. The van der Waals surface area contributed by atoms with Gasteiger partial charge in [0.2, 0.25) is 0 Å². The first kappa shape index (κ1) is 20.5. The summed E-state index contributed by atoms with van der Waals surface area (Å²) in [5.41, 5.74) is 2.42. The number of carbonyl (C=O) groups is 1. The molecule has 30 heavy (non-hydrogen) atoms. The molecule has 8 heteroatoms. The van der Waals surface area contributed by atoms with Gasteiger partial charge < -0.3 is 15.0 Å². The number of nitrogens with one attached hydrogen (secondary N) is 1. The number of rotatable bonds is 1. The molecule has 2 aromatic heterocycles. The predicted octanol–water partition coefficient (Wildman–Crippen LogP) is 4.49. The van der Waals surface area contributed by atoms with Crippen molar-refractivity contribution in [1.29, 1.82) is 0 Å². The van der Waals surface area contributed by atoms with E-state index in [0.29, 0.717) is 48.5 Å². The third kappa shape index (κ3) is 4.22. The number of carbonyl (C=O) groups excluding carboxylic acids is 1. The van der Waals surface area contributed by atoms with Gasteiger partial charge in [-0.3, -0.25) is 9.78 Å². The zero-order chi connectivity index (χ0) is 21.3. The molecule has 1 N–H and O–H groups in total. The van der Waals surface area contributed by atoms with E-state index >= 15 is 0 Å². The van der Waals surface area contributed by atoms with Crippen LogP contribution >= 0.6 is 11.6 Å². The highest BCUT2D eigenvalue weighted by Gasteiger charge is 2.26. The first-order valence-electron chi connectivity index (χ1n) is 9.75. The Kier molecular flexibility index (Phi) is 5.58. The molecule has 3 heterocycles. The third-order valence-corrected chi connectivity index (χ3v) is 5.23. The number of nitrogens with zero attached hydrogens (tertiary/aromatic N) is 3. The minimum Gasteiger partial charge on any atom is -0.374 e. The largest absolute Gasteiger partial charge is 0.374 e. The first-order valence-corrected chi connectivity index (χ1v) is 10.1. The Hall–Kier alpha value is -2.77. The smallest absolute Gasteiger partial charge is 0.269 e. The minimum atomic E-state index is -0.536. The Morgan fingerprint density at radius 2 is 2.07 bits per heavy atom. The van der Waals surface area contributed by atoms with E-state index in [9.17, 15) is 9.18 Å². The molecule has 0 saturated carbocycles. The van der Waals surface area contributed by atoms with Crippen molar-refractivity contribution in [2.45, 2.75) is 25.9 Å². The highest BCUT2D eigenvalue weighted by atomic mass is 35.5. The summed E-state index contributed by atoms with van der Waals surface area (Å²) < 4.78 is 19.9. The third-order valence-electron chi connectivity index (χ3n) is 4.94. The van der Waals surface area contributed by atoms with E-state index in [0.717, 1.165) is 5.69 Å². The normalized spacial score (nSPS) is 17.2. The average molecular weight is 429 g/mol. The van der Waals surface area contributed by atoms with Gasteiger partial charge in [0.1, 0.15) is 17.0 Å². The zero-order valence-electron chi connectivity index (χ0n) is 16.8. The number of anilines is 2. The number of aromatic nitrogens is 2. The van der Waals surface area contributed by atoms with Crippen molar-refractivity contribution in [3.8, 4) is 0 Å². The SMILES string of the molecule is CC1(C)CN(c2ccc(F)c(Cl)c2)c2ccnc3ccc(nc23)C(=O)NCCCO1. The molecule has 1 aromatic carbocycles. The molecule has 156 valence electrons. The Balaban J connectivity index is 1.92. The maximum absolute atomic E-state index is 13.8. The molecule has 0 unspecified atom stereocenters. The topological polar surface area (TPSA) is 67.4 Å². The molecule has 2 bridgehead atoms. The van der Waals surface area contributed by atoms with Gasteiger partial charge >= 0.3 is 0 Å². The van der Waals surface area contributed by atoms with Crippen LogP contribution in [0.5, 0.6) is 0 Å². The maximum Gasteiger partial charge on any atom is 0.269 e. The summed E-state index contributed by atoms with van der Waals surface area (Å²) in [6.45, 7) is 5.42. The molecule has 1 aliphatic rings. The van der Waals surface area contributed by atoms with Crippen molar-refractivity contribution < 1.29 is 13.9 Å². The van der Waals surface area contributed by atoms with E-state index in [2.05, 4.69) is 15.3 Å². The summed E-state index contributed by atoms with van der Waals surface area (Å²) in [6, 6.07) is 9.84. The summed E-state index contributed by atoms with van der Waals surface area (Å²) in [5, 5.41) is 2.90. The van der Waals surface area contributed by atoms with Gasteiger partial charge in [-0.2, -0.15) is 0 Å². The fourth-order valence-electron chi connectivity index (χ4n) is 3.46. The number of pyridine rings is 2.